The van der Waals surface area contributed by atoms with Crippen LogP contribution in [0.15, 0.2) is 0 Å². The predicted molar refractivity (Wildman–Crippen MR) is 59.2 cm³/mol. The molecule has 1 heterocycles. The number of carbonyl (C=O) groups excluding carboxylic acids is 1. The van der Waals surface area contributed by atoms with Gasteiger partial charge in [0, 0.05) is 19.6 Å². The molecule has 1 N–H and O–H groups in total. The highest BCUT2D eigenvalue weighted by Gasteiger charge is 2.30. The molecule has 3 nitrogen and oxygen atoms in total. The minimum Gasteiger partial charge on any atom is -0.368 e. The quantitative estimate of drug-likeness (QED) is 0.548. The van der Waals surface area contributed by atoms with Crippen LogP contribution in [0.1, 0.15) is 32.6 Å². The smallest absolute Gasteiger partial charge is 0.249 e. The van der Waals surface area contributed by atoms with Crippen molar-refractivity contribution in [2.24, 2.45) is 5.92 Å². The van der Waals surface area contributed by atoms with Crippen LogP contribution in [0.4, 0.5) is 0 Å². The lowest BCUT2D eigenvalue weighted by Crippen LogP contribution is -2.37. The van der Waals surface area contributed by atoms with E-state index >= 15 is 0 Å². The molecule has 0 saturated carbocycles. The van der Waals surface area contributed by atoms with Crippen LogP contribution in [0.3, 0.4) is 0 Å². The van der Waals surface area contributed by atoms with Gasteiger partial charge in [0.15, 0.2) is 0 Å². The van der Waals surface area contributed by atoms with Gasteiger partial charge < -0.3 is 10.1 Å². The molecular weight excluding hydrogens is 190 g/mol. The summed E-state index contributed by atoms with van der Waals surface area (Å²) >= 11 is 0. The minimum atomic E-state index is -0.238. The van der Waals surface area contributed by atoms with Crippen molar-refractivity contribution >= 4 is 5.91 Å². The van der Waals surface area contributed by atoms with Gasteiger partial charge in [0.05, 0.1) is 0 Å². The van der Waals surface area contributed by atoms with E-state index in [1.807, 2.05) is 0 Å². The maximum atomic E-state index is 11.6. The van der Waals surface area contributed by atoms with E-state index in [1.165, 1.54) is 0 Å². The maximum absolute atomic E-state index is 11.6. The van der Waals surface area contributed by atoms with Crippen molar-refractivity contribution in [3.05, 3.63) is 0 Å². The molecule has 1 aliphatic rings. The fourth-order valence-corrected chi connectivity index (χ4v) is 1.69. The third-order valence-corrected chi connectivity index (χ3v) is 2.69. The van der Waals surface area contributed by atoms with Crippen LogP contribution in [0.25, 0.3) is 0 Å². The minimum absolute atomic E-state index is 0.0284. The largest absolute Gasteiger partial charge is 0.368 e. The van der Waals surface area contributed by atoms with Crippen LogP contribution in [0.5, 0.6) is 0 Å². The number of hydrogen-bond donors (Lipinski definition) is 1. The lowest BCUT2D eigenvalue weighted by atomic mass is 10.0. The molecule has 0 bridgehead atoms. The summed E-state index contributed by atoms with van der Waals surface area (Å²) in [5.74, 6) is 2.95. The molecule has 1 amide bonds. The molecular formula is C12H19NO2. The molecule has 15 heavy (non-hydrogen) atoms. The van der Waals surface area contributed by atoms with E-state index in [1.54, 1.807) is 0 Å². The van der Waals surface area contributed by atoms with E-state index in [0.717, 1.165) is 25.7 Å². The molecule has 0 radical (unpaired) electrons. The summed E-state index contributed by atoms with van der Waals surface area (Å²) in [7, 11) is 0. The average molecular weight is 209 g/mol. The number of unbranched alkanes of at least 4 members (excludes halogenated alkanes) is 2. The van der Waals surface area contributed by atoms with Gasteiger partial charge in [-0.15, -0.1) is 12.3 Å². The second-order valence-corrected chi connectivity index (χ2v) is 4.01. The van der Waals surface area contributed by atoms with Gasteiger partial charge in [-0.2, -0.15) is 0 Å². The number of ether oxygens (including phenoxy) is 1. The van der Waals surface area contributed by atoms with Gasteiger partial charge in [-0.05, 0) is 25.2 Å². The molecule has 0 spiro atoms. The number of hydrogen-bond acceptors (Lipinski definition) is 2. The van der Waals surface area contributed by atoms with Crippen molar-refractivity contribution in [3.8, 4) is 12.3 Å². The molecule has 1 saturated heterocycles. The molecule has 1 fully saturated rings. The molecule has 84 valence electrons. The Morgan fingerprint density at radius 3 is 3.00 bits per heavy atom. The first-order chi connectivity index (χ1) is 7.25. The van der Waals surface area contributed by atoms with Crippen molar-refractivity contribution < 1.29 is 9.53 Å². The lowest BCUT2D eigenvalue weighted by Gasteiger charge is -2.14. The molecule has 0 aliphatic carbocycles. The molecule has 2 unspecified atom stereocenters. The predicted octanol–water partition coefficient (Wildman–Crippen LogP) is 1.33. The number of carbonyl (C=O) groups is 1. The van der Waals surface area contributed by atoms with E-state index in [2.05, 4.69) is 18.2 Å². The van der Waals surface area contributed by atoms with Crippen LogP contribution in [-0.2, 0) is 9.53 Å². The number of amides is 1. The zero-order valence-electron chi connectivity index (χ0n) is 9.29. The second-order valence-electron chi connectivity index (χ2n) is 4.01. The Hall–Kier alpha value is -1.01. The summed E-state index contributed by atoms with van der Waals surface area (Å²) in [6, 6.07) is 0. The Kier molecular flexibility index (Phi) is 5.20. The SMILES string of the molecule is C#CCCCCNC(=O)C1OCCC1C. The van der Waals surface area contributed by atoms with Gasteiger partial charge in [0.25, 0.3) is 0 Å². The monoisotopic (exact) mass is 209 g/mol. The van der Waals surface area contributed by atoms with Crippen LogP contribution < -0.4 is 5.32 Å². The van der Waals surface area contributed by atoms with E-state index in [9.17, 15) is 4.79 Å². The van der Waals surface area contributed by atoms with Crippen LogP contribution in [-0.4, -0.2) is 25.2 Å². The first-order valence-electron chi connectivity index (χ1n) is 5.58. The van der Waals surface area contributed by atoms with Gasteiger partial charge in [0.2, 0.25) is 5.91 Å². The summed E-state index contributed by atoms with van der Waals surface area (Å²) in [6.45, 7) is 3.46. The first-order valence-corrected chi connectivity index (χ1v) is 5.58. The van der Waals surface area contributed by atoms with E-state index < -0.39 is 0 Å². The van der Waals surface area contributed by atoms with Crippen LogP contribution in [0, 0.1) is 18.3 Å². The molecule has 1 aliphatic heterocycles. The second kappa shape index (κ2) is 6.47. The summed E-state index contributed by atoms with van der Waals surface area (Å²) in [4.78, 5) is 11.6. The molecule has 0 aromatic rings. The highest BCUT2D eigenvalue weighted by molar-refractivity contribution is 5.81. The Labute approximate surface area is 91.6 Å². The Morgan fingerprint density at radius 2 is 2.40 bits per heavy atom. The highest BCUT2D eigenvalue weighted by atomic mass is 16.5. The standard InChI is InChI=1S/C12H19NO2/c1-3-4-5-6-8-13-12(14)11-10(2)7-9-15-11/h1,10-11H,4-9H2,2H3,(H,13,14). The summed E-state index contributed by atoms with van der Waals surface area (Å²) in [6.07, 6.45) is 8.57. The highest BCUT2D eigenvalue weighted by Crippen LogP contribution is 2.19. The van der Waals surface area contributed by atoms with Gasteiger partial charge in [-0.1, -0.05) is 6.92 Å². The topological polar surface area (TPSA) is 38.3 Å². The maximum Gasteiger partial charge on any atom is 0.249 e. The molecule has 0 aromatic heterocycles. The van der Waals surface area contributed by atoms with Gasteiger partial charge >= 0.3 is 0 Å². The number of nitrogens with one attached hydrogen (secondary N) is 1. The van der Waals surface area contributed by atoms with Crippen LogP contribution in [0.2, 0.25) is 0 Å². The Bertz CT molecular complexity index is 244. The van der Waals surface area contributed by atoms with Gasteiger partial charge in [-0.3, -0.25) is 4.79 Å². The fourth-order valence-electron chi connectivity index (χ4n) is 1.69. The molecule has 2 atom stereocenters. The zero-order valence-corrected chi connectivity index (χ0v) is 9.29. The van der Waals surface area contributed by atoms with E-state index in [4.69, 9.17) is 11.2 Å². The van der Waals surface area contributed by atoms with Gasteiger partial charge in [0.1, 0.15) is 6.10 Å². The van der Waals surface area contributed by atoms with Crippen molar-refractivity contribution in [1.82, 2.24) is 5.32 Å². The molecule has 0 aromatic carbocycles. The summed E-state index contributed by atoms with van der Waals surface area (Å²) in [5, 5.41) is 2.88. The third-order valence-electron chi connectivity index (χ3n) is 2.69. The average Bonchev–Trinajstić information content (AvgIpc) is 2.64. The fraction of sp³-hybridized carbons (Fsp3) is 0.750. The number of rotatable bonds is 5. The summed E-state index contributed by atoms with van der Waals surface area (Å²) in [5.41, 5.74) is 0. The molecule has 1 rings (SSSR count). The van der Waals surface area contributed by atoms with Crippen molar-refractivity contribution in [2.75, 3.05) is 13.2 Å². The van der Waals surface area contributed by atoms with Crippen LogP contribution >= 0.6 is 0 Å². The van der Waals surface area contributed by atoms with Crippen molar-refractivity contribution in [2.45, 2.75) is 38.7 Å². The van der Waals surface area contributed by atoms with Crippen molar-refractivity contribution in [1.29, 1.82) is 0 Å². The normalized spacial score (nSPS) is 24.8. The Morgan fingerprint density at radius 1 is 1.60 bits per heavy atom. The Balaban J connectivity index is 2.11. The van der Waals surface area contributed by atoms with Crippen molar-refractivity contribution in [3.63, 3.8) is 0 Å². The summed E-state index contributed by atoms with van der Waals surface area (Å²) < 4.78 is 5.36. The third kappa shape index (κ3) is 3.93. The lowest BCUT2D eigenvalue weighted by molar-refractivity contribution is -0.131. The zero-order chi connectivity index (χ0) is 11.1. The van der Waals surface area contributed by atoms with E-state index in [-0.39, 0.29) is 12.0 Å². The molecule has 3 heteroatoms. The van der Waals surface area contributed by atoms with E-state index in [0.29, 0.717) is 19.1 Å². The first kappa shape index (κ1) is 12.1. The number of terminal acetylenes is 1. The van der Waals surface area contributed by atoms with Gasteiger partial charge in [-0.25, -0.2) is 0 Å².